The van der Waals surface area contributed by atoms with Crippen molar-refractivity contribution in [3.63, 3.8) is 0 Å². The first-order valence-corrected chi connectivity index (χ1v) is 7.51. The van der Waals surface area contributed by atoms with Crippen molar-refractivity contribution in [2.45, 2.75) is 46.1 Å². The van der Waals surface area contributed by atoms with Gasteiger partial charge >= 0.3 is 0 Å². The summed E-state index contributed by atoms with van der Waals surface area (Å²) < 4.78 is 0. The molecule has 0 aliphatic carbocycles. The second kappa shape index (κ2) is 5.43. The Balaban J connectivity index is 2.20. The average molecular weight is 274 g/mol. The first-order valence-electron chi connectivity index (χ1n) is 6.63. The number of nitrogens with two attached hydrogens (primary N) is 1. The summed E-state index contributed by atoms with van der Waals surface area (Å²) in [7, 11) is 0. The molecule has 0 aliphatic heterocycles. The lowest BCUT2D eigenvalue weighted by Gasteiger charge is -2.14. The highest BCUT2D eigenvalue weighted by molar-refractivity contribution is 7.09. The fourth-order valence-corrected chi connectivity index (χ4v) is 3.03. The van der Waals surface area contributed by atoms with Gasteiger partial charge in [0.15, 0.2) is 0 Å². The van der Waals surface area contributed by atoms with Crippen LogP contribution in [0.1, 0.15) is 48.2 Å². The fraction of sp³-hybridized carbons (Fsp3) is 0.438. The quantitative estimate of drug-likeness (QED) is 0.924. The predicted octanol–water partition coefficient (Wildman–Crippen LogP) is 3.80. The van der Waals surface area contributed by atoms with E-state index in [0.717, 1.165) is 6.42 Å². The second-order valence-corrected chi connectivity index (χ2v) is 6.96. The predicted molar refractivity (Wildman–Crippen MR) is 82.7 cm³/mol. The van der Waals surface area contributed by atoms with Gasteiger partial charge in [0.2, 0.25) is 0 Å². The maximum Gasteiger partial charge on any atom is 0.0972 e. The number of aryl methyl sites for hydroxylation is 1. The van der Waals surface area contributed by atoms with Gasteiger partial charge in [0, 0.05) is 23.8 Å². The van der Waals surface area contributed by atoms with Crippen molar-refractivity contribution in [1.82, 2.24) is 4.98 Å². The largest absolute Gasteiger partial charge is 0.326 e. The van der Waals surface area contributed by atoms with Crippen LogP contribution in [0.2, 0.25) is 0 Å². The van der Waals surface area contributed by atoms with E-state index in [1.807, 2.05) is 0 Å². The van der Waals surface area contributed by atoms with E-state index in [1.54, 1.807) is 11.3 Å². The minimum atomic E-state index is 0.132. The molecule has 0 spiro atoms. The molecule has 2 N–H and O–H groups in total. The van der Waals surface area contributed by atoms with Gasteiger partial charge in [-0.1, -0.05) is 39.0 Å². The van der Waals surface area contributed by atoms with Crippen LogP contribution < -0.4 is 5.73 Å². The molecule has 0 aliphatic rings. The third-order valence-corrected chi connectivity index (χ3v) is 4.15. The highest BCUT2D eigenvalue weighted by Crippen LogP contribution is 2.25. The van der Waals surface area contributed by atoms with E-state index in [2.05, 4.69) is 51.3 Å². The van der Waals surface area contributed by atoms with Crippen LogP contribution in [0.15, 0.2) is 23.6 Å². The molecule has 0 fully saturated rings. The smallest absolute Gasteiger partial charge is 0.0972 e. The van der Waals surface area contributed by atoms with Crippen LogP contribution in [0.5, 0.6) is 0 Å². The van der Waals surface area contributed by atoms with E-state index in [0.29, 0.717) is 6.54 Å². The molecule has 102 valence electrons. The van der Waals surface area contributed by atoms with Gasteiger partial charge in [0.25, 0.3) is 0 Å². The van der Waals surface area contributed by atoms with Crippen molar-refractivity contribution < 1.29 is 0 Å². The van der Waals surface area contributed by atoms with Gasteiger partial charge in [0.05, 0.1) is 10.7 Å². The molecule has 0 atom stereocenters. The van der Waals surface area contributed by atoms with E-state index in [9.17, 15) is 0 Å². The van der Waals surface area contributed by atoms with E-state index < -0.39 is 0 Å². The summed E-state index contributed by atoms with van der Waals surface area (Å²) in [4.78, 5) is 4.75. The number of rotatable bonds is 3. The molecule has 0 amide bonds. The molecular formula is C16H22N2S. The Labute approximate surface area is 119 Å². The van der Waals surface area contributed by atoms with Crippen molar-refractivity contribution in [1.29, 1.82) is 0 Å². The van der Waals surface area contributed by atoms with Gasteiger partial charge < -0.3 is 5.73 Å². The summed E-state index contributed by atoms with van der Waals surface area (Å²) >= 11 is 1.75. The Bertz CT molecular complexity index is 564. The van der Waals surface area contributed by atoms with Crippen molar-refractivity contribution in [3.8, 4) is 0 Å². The van der Waals surface area contributed by atoms with Crippen molar-refractivity contribution in [2.75, 3.05) is 0 Å². The second-order valence-electron chi connectivity index (χ2n) is 6.02. The van der Waals surface area contributed by atoms with Crippen molar-refractivity contribution in [3.05, 3.63) is 51.0 Å². The topological polar surface area (TPSA) is 38.9 Å². The molecule has 1 aromatic heterocycles. The Morgan fingerprint density at radius 1 is 1.26 bits per heavy atom. The zero-order chi connectivity index (χ0) is 14.0. The molecule has 2 aromatic rings. The van der Waals surface area contributed by atoms with Crippen molar-refractivity contribution in [2.24, 2.45) is 5.73 Å². The number of nitrogens with zero attached hydrogens (tertiary/aromatic N) is 1. The lowest BCUT2D eigenvalue weighted by molar-refractivity contribution is 0.571. The molecule has 0 saturated heterocycles. The molecule has 2 nitrogen and oxygen atoms in total. The molecule has 3 heteroatoms. The third kappa shape index (κ3) is 3.43. The van der Waals surface area contributed by atoms with Gasteiger partial charge in [-0.15, -0.1) is 11.3 Å². The Hall–Kier alpha value is -1.19. The monoisotopic (exact) mass is 274 g/mol. The number of hydrogen-bond donors (Lipinski definition) is 1. The number of thiazole rings is 1. The summed E-state index contributed by atoms with van der Waals surface area (Å²) in [5.74, 6) is 0. The zero-order valence-corrected chi connectivity index (χ0v) is 13.0. The van der Waals surface area contributed by atoms with E-state index in [4.69, 9.17) is 10.7 Å². The van der Waals surface area contributed by atoms with Gasteiger partial charge in [-0.3, -0.25) is 0 Å². The maximum atomic E-state index is 5.66. The molecule has 0 radical (unpaired) electrons. The van der Waals surface area contributed by atoms with Gasteiger partial charge in [0.1, 0.15) is 0 Å². The average Bonchev–Trinajstić information content (AvgIpc) is 2.80. The summed E-state index contributed by atoms with van der Waals surface area (Å²) in [6, 6.07) is 6.46. The highest BCUT2D eigenvalue weighted by Gasteiger charge is 2.17. The van der Waals surface area contributed by atoms with Crippen molar-refractivity contribution >= 4 is 11.3 Å². The van der Waals surface area contributed by atoms with Crippen LogP contribution in [-0.2, 0) is 18.4 Å². The first-order chi connectivity index (χ1) is 8.90. The Morgan fingerprint density at radius 2 is 2.00 bits per heavy atom. The molecular weight excluding hydrogens is 252 g/mol. The number of aromatic nitrogens is 1. The summed E-state index contributed by atoms with van der Waals surface area (Å²) in [6.07, 6.45) is 0.914. The molecule has 0 saturated carbocycles. The fourth-order valence-electron chi connectivity index (χ4n) is 1.98. The molecule has 0 bridgehead atoms. The molecule has 1 heterocycles. The van der Waals surface area contributed by atoms with Crippen LogP contribution in [0.25, 0.3) is 0 Å². The maximum absolute atomic E-state index is 5.66. The minimum Gasteiger partial charge on any atom is -0.326 e. The lowest BCUT2D eigenvalue weighted by Crippen LogP contribution is -2.11. The molecule has 2 rings (SSSR count). The number of benzene rings is 1. The normalized spacial score (nSPS) is 11.8. The van der Waals surface area contributed by atoms with Gasteiger partial charge in [-0.05, 0) is 23.6 Å². The van der Waals surface area contributed by atoms with E-state index >= 15 is 0 Å². The van der Waals surface area contributed by atoms with Crippen LogP contribution in [-0.4, -0.2) is 4.98 Å². The van der Waals surface area contributed by atoms with Gasteiger partial charge in [-0.25, -0.2) is 4.98 Å². The first kappa shape index (κ1) is 14.2. The summed E-state index contributed by atoms with van der Waals surface area (Å²) in [6.45, 7) is 9.35. The standard InChI is InChI=1S/C16H22N2S/c1-11-7-12(9-17)5-6-13(11)8-15-18-14(10-19-15)16(2,3)4/h5-7,10H,8-9,17H2,1-4H3. The number of hydrogen-bond acceptors (Lipinski definition) is 3. The molecule has 0 unspecified atom stereocenters. The zero-order valence-electron chi connectivity index (χ0n) is 12.2. The van der Waals surface area contributed by atoms with E-state index in [1.165, 1.54) is 27.4 Å². The minimum absolute atomic E-state index is 0.132. The Kier molecular flexibility index (Phi) is 4.07. The van der Waals surface area contributed by atoms with E-state index in [-0.39, 0.29) is 5.41 Å². The van der Waals surface area contributed by atoms with Crippen LogP contribution in [0.4, 0.5) is 0 Å². The van der Waals surface area contributed by atoms with Gasteiger partial charge in [-0.2, -0.15) is 0 Å². The summed E-state index contributed by atoms with van der Waals surface area (Å²) in [5, 5.41) is 3.37. The molecule has 19 heavy (non-hydrogen) atoms. The van der Waals surface area contributed by atoms with Crippen LogP contribution in [0.3, 0.4) is 0 Å². The highest BCUT2D eigenvalue weighted by atomic mass is 32.1. The lowest BCUT2D eigenvalue weighted by atomic mass is 9.93. The third-order valence-electron chi connectivity index (χ3n) is 3.30. The van der Waals surface area contributed by atoms with Crippen LogP contribution in [0, 0.1) is 6.92 Å². The molecule has 1 aromatic carbocycles. The SMILES string of the molecule is Cc1cc(CN)ccc1Cc1nc(C(C)(C)C)cs1. The summed E-state index contributed by atoms with van der Waals surface area (Å²) in [5.41, 5.74) is 10.8. The van der Waals surface area contributed by atoms with Crippen LogP contribution >= 0.6 is 11.3 Å². The Morgan fingerprint density at radius 3 is 2.53 bits per heavy atom.